The van der Waals surface area contributed by atoms with Crippen LogP contribution in [0.25, 0.3) is 21.8 Å². The predicted octanol–water partition coefficient (Wildman–Crippen LogP) is 2.48. The Kier molecular flexibility index (Phi) is 4.86. The molecule has 0 saturated carbocycles. The van der Waals surface area contributed by atoms with Crippen LogP contribution >= 0.6 is 0 Å². The van der Waals surface area contributed by atoms with E-state index >= 15 is 0 Å². The van der Waals surface area contributed by atoms with E-state index in [0.29, 0.717) is 12.2 Å². The number of benzene rings is 1. The second-order valence-electron chi connectivity index (χ2n) is 6.75. The summed E-state index contributed by atoms with van der Waals surface area (Å²) in [6, 6.07) is 10.0. The number of carbonyl (C=O) groups excluding carboxylic acids is 1. The summed E-state index contributed by atoms with van der Waals surface area (Å²) in [5.74, 6) is -0.109. The number of hydrogen-bond donors (Lipinski definition) is 2. The Morgan fingerprint density at radius 3 is 2.92 bits per heavy atom. The third-order valence-electron chi connectivity index (χ3n) is 4.95. The SMILES string of the molecule is Cc1nc(C(=O)NCCCN2CCOCC2)cc2c1[nH]c1ccccc12. The number of carbonyl (C=O) groups is 1. The molecule has 1 aromatic carbocycles. The summed E-state index contributed by atoms with van der Waals surface area (Å²) in [6.45, 7) is 7.14. The van der Waals surface area contributed by atoms with Crippen LogP contribution in [-0.4, -0.2) is 60.2 Å². The van der Waals surface area contributed by atoms with Crippen molar-refractivity contribution in [2.24, 2.45) is 0 Å². The number of pyridine rings is 1. The number of fused-ring (bicyclic) bond motifs is 3. The van der Waals surface area contributed by atoms with Crippen LogP contribution in [0.2, 0.25) is 0 Å². The molecule has 0 radical (unpaired) electrons. The number of amides is 1. The molecule has 1 aliphatic rings. The Morgan fingerprint density at radius 1 is 1.27 bits per heavy atom. The van der Waals surface area contributed by atoms with Gasteiger partial charge in [0.25, 0.3) is 5.91 Å². The quantitative estimate of drug-likeness (QED) is 0.692. The summed E-state index contributed by atoms with van der Waals surface area (Å²) in [6.07, 6.45) is 0.931. The molecule has 1 fully saturated rings. The topological polar surface area (TPSA) is 70.2 Å². The molecule has 0 unspecified atom stereocenters. The minimum absolute atomic E-state index is 0.109. The van der Waals surface area contributed by atoms with Gasteiger partial charge in [0.2, 0.25) is 0 Å². The standard InChI is InChI=1S/C20H24N4O2/c1-14-19-16(15-5-2-3-6-17(15)23-19)13-18(22-14)20(25)21-7-4-8-24-9-11-26-12-10-24/h2-3,5-6,13,23H,4,7-12H2,1H3,(H,21,25). The molecular formula is C20H24N4O2. The first kappa shape index (κ1) is 17.0. The Labute approximate surface area is 152 Å². The van der Waals surface area contributed by atoms with E-state index in [2.05, 4.69) is 26.3 Å². The number of aryl methyl sites for hydroxylation is 1. The summed E-state index contributed by atoms with van der Waals surface area (Å²) in [4.78, 5) is 22.8. The van der Waals surface area contributed by atoms with E-state index in [1.165, 1.54) is 0 Å². The maximum absolute atomic E-state index is 12.5. The summed E-state index contributed by atoms with van der Waals surface area (Å²) in [7, 11) is 0. The van der Waals surface area contributed by atoms with Crippen LogP contribution in [-0.2, 0) is 4.74 Å². The van der Waals surface area contributed by atoms with Crippen molar-refractivity contribution in [3.8, 4) is 0 Å². The van der Waals surface area contributed by atoms with E-state index in [9.17, 15) is 4.79 Å². The van der Waals surface area contributed by atoms with Crippen LogP contribution in [0.3, 0.4) is 0 Å². The molecule has 2 aromatic heterocycles. The smallest absolute Gasteiger partial charge is 0.269 e. The molecular weight excluding hydrogens is 328 g/mol. The van der Waals surface area contributed by atoms with Gasteiger partial charge in [-0.1, -0.05) is 18.2 Å². The van der Waals surface area contributed by atoms with Crippen molar-refractivity contribution >= 4 is 27.7 Å². The second kappa shape index (κ2) is 7.43. The molecule has 6 heteroatoms. The van der Waals surface area contributed by atoms with Gasteiger partial charge in [-0.3, -0.25) is 9.69 Å². The number of aromatic amines is 1. The first-order chi connectivity index (χ1) is 12.7. The fourth-order valence-corrected chi connectivity index (χ4v) is 3.54. The zero-order chi connectivity index (χ0) is 17.9. The first-order valence-corrected chi connectivity index (χ1v) is 9.19. The average molecular weight is 352 g/mol. The number of nitrogens with one attached hydrogen (secondary N) is 2. The van der Waals surface area contributed by atoms with Crippen LogP contribution in [0.15, 0.2) is 30.3 Å². The Hall–Kier alpha value is -2.44. The van der Waals surface area contributed by atoms with Gasteiger partial charge in [0.05, 0.1) is 24.4 Å². The molecule has 0 aliphatic carbocycles. The molecule has 26 heavy (non-hydrogen) atoms. The van der Waals surface area contributed by atoms with Crippen molar-refractivity contribution in [2.45, 2.75) is 13.3 Å². The predicted molar refractivity (Wildman–Crippen MR) is 103 cm³/mol. The monoisotopic (exact) mass is 352 g/mol. The maximum Gasteiger partial charge on any atom is 0.269 e. The van der Waals surface area contributed by atoms with E-state index in [1.54, 1.807) is 0 Å². The highest BCUT2D eigenvalue weighted by Gasteiger charge is 2.14. The zero-order valence-electron chi connectivity index (χ0n) is 15.0. The van der Waals surface area contributed by atoms with E-state index < -0.39 is 0 Å². The number of nitrogens with zero attached hydrogens (tertiary/aromatic N) is 2. The lowest BCUT2D eigenvalue weighted by Crippen LogP contribution is -2.38. The van der Waals surface area contributed by atoms with E-state index in [4.69, 9.17) is 4.74 Å². The van der Waals surface area contributed by atoms with Crippen LogP contribution in [0.5, 0.6) is 0 Å². The third-order valence-corrected chi connectivity index (χ3v) is 4.95. The highest BCUT2D eigenvalue weighted by molar-refractivity contribution is 6.10. The minimum Gasteiger partial charge on any atom is -0.379 e. The minimum atomic E-state index is -0.109. The number of ether oxygens (including phenoxy) is 1. The molecule has 4 rings (SSSR count). The van der Waals surface area contributed by atoms with E-state index in [0.717, 1.165) is 66.8 Å². The van der Waals surface area contributed by atoms with Gasteiger partial charge >= 0.3 is 0 Å². The normalized spacial score (nSPS) is 15.6. The number of aromatic nitrogens is 2. The largest absolute Gasteiger partial charge is 0.379 e. The number of rotatable bonds is 5. The number of H-pyrrole nitrogens is 1. The van der Waals surface area contributed by atoms with Gasteiger partial charge in [-0.25, -0.2) is 4.98 Å². The molecule has 3 heterocycles. The van der Waals surface area contributed by atoms with Crippen molar-refractivity contribution in [1.29, 1.82) is 0 Å². The van der Waals surface area contributed by atoms with Crippen LogP contribution in [0, 0.1) is 6.92 Å². The van der Waals surface area contributed by atoms with Gasteiger partial charge in [-0.15, -0.1) is 0 Å². The average Bonchev–Trinajstić information content (AvgIpc) is 3.05. The van der Waals surface area contributed by atoms with Gasteiger partial charge in [-0.05, 0) is 32.0 Å². The molecule has 0 bridgehead atoms. The Bertz CT molecular complexity index is 928. The Balaban J connectivity index is 1.44. The van der Waals surface area contributed by atoms with Crippen molar-refractivity contribution in [1.82, 2.24) is 20.2 Å². The number of morpholine rings is 1. The zero-order valence-corrected chi connectivity index (χ0v) is 15.0. The van der Waals surface area contributed by atoms with Gasteiger partial charge in [0, 0.05) is 35.9 Å². The molecule has 0 atom stereocenters. The maximum atomic E-state index is 12.5. The van der Waals surface area contributed by atoms with Gasteiger partial charge < -0.3 is 15.0 Å². The van der Waals surface area contributed by atoms with Crippen LogP contribution < -0.4 is 5.32 Å². The number of para-hydroxylation sites is 1. The van der Waals surface area contributed by atoms with Crippen molar-refractivity contribution < 1.29 is 9.53 Å². The van der Waals surface area contributed by atoms with Crippen molar-refractivity contribution in [2.75, 3.05) is 39.4 Å². The fourth-order valence-electron chi connectivity index (χ4n) is 3.54. The lowest BCUT2D eigenvalue weighted by atomic mass is 10.1. The van der Waals surface area contributed by atoms with Crippen LogP contribution in [0.1, 0.15) is 22.6 Å². The molecule has 6 nitrogen and oxygen atoms in total. The van der Waals surface area contributed by atoms with Crippen molar-refractivity contribution in [3.63, 3.8) is 0 Å². The van der Waals surface area contributed by atoms with Gasteiger partial charge in [0.1, 0.15) is 5.69 Å². The second-order valence-corrected chi connectivity index (χ2v) is 6.75. The molecule has 136 valence electrons. The number of hydrogen-bond acceptors (Lipinski definition) is 4. The summed E-state index contributed by atoms with van der Waals surface area (Å²) >= 11 is 0. The molecule has 3 aromatic rings. The molecule has 1 aliphatic heterocycles. The molecule has 2 N–H and O–H groups in total. The highest BCUT2D eigenvalue weighted by atomic mass is 16.5. The third kappa shape index (κ3) is 3.43. The van der Waals surface area contributed by atoms with E-state index in [-0.39, 0.29) is 5.91 Å². The lowest BCUT2D eigenvalue weighted by molar-refractivity contribution is 0.0374. The van der Waals surface area contributed by atoms with E-state index in [1.807, 2.05) is 31.2 Å². The van der Waals surface area contributed by atoms with Crippen molar-refractivity contribution in [3.05, 3.63) is 41.7 Å². The van der Waals surface area contributed by atoms with Gasteiger partial charge in [-0.2, -0.15) is 0 Å². The summed E-state index contributed by atoms with van der Waals surface area (Å²) in [5.41, 5.74) is 3.38. The summed E-state index contributed by atoms with van der Waals surface area (Å²) in [5, 5.41) is 5.17. The summed E-state index contributed by atoms with van der Waals surface area (Å²) < 4.78 is 5.35. The Morgan fingerprint density at radius 2 is 2.08 bits per heavy atom. The molecule has 1 saturated heterocycles. The molecule has 1 amide bonds. The lowest BCUT2D eigenvalue weighted by Gasteiger charge is -2.26. The fraction of sp³-hybridized carbons (Fsp3) is 0.400. The van der Waals surface area contributed by atoms with Gasteiger partial charge in [0.15, 0.2) is 0 Å². The highest BCUT2D eigenvalue weighted by Crippen LogP contribution is 2.27. The molecule has 0 spiro atoms. The van der Waals surface area contributed by atoms with Crippen LogP contribution in [0.4, 0.5) is 0 Å². The first-order valence-electron chi connectivity index (χ1n) is 9.19.